The van der Waals surface area contributed by atoms with Gasteiger partial charge in [0.2, 0.25) is 0 Å². The summed E-state index contributed by atoms with van der Waals surface area (Å²) in [6.45, 7) is 4.29. The summed E-state index contributed by atoms with van der Waals surface area (Å²) in [4.78, 5) is 11.8. The summed E-state index contributed by atoms with van der Waals surface area (Å²) in [6, 6.07) is 1.88. The molecule has 0 spiro atoms. The molecule has 0 radical (unpaired) electrons. The van der Waals surface area contributed by atoms with Crippen molar-refractivity contribution >= 4 is 60.7 Å². The number of carbonyl (C=O) groups is 1. The van der Waals surface area contributed by atoms with Crippen molar-refractivity contribution in [2.24, 2.45) is 0 Å². The molecule has 0 aliphatic rings. The Kier molecular flexibility index (Phi) is 5.89. The topological polar surface area (TPSA) is 17.1 Å². The average molecular weight is 372 g/mol. The van der Waals surface area contributed by atoms with E-state index in [1.165, 1.54) is 0 Å². The molecule has 84 valence electrons. The first-order valence-corrected chi connectivity index (χ1v) is 8.09. The van der Waals surface area contributed by atoms with E-state index in [0.717, 1.165) is 19.6 Å². The lowest BCUT2D eigenvalue weighted by Crippen LogP contribution is -2.05. The Morgan fingerprint density at radius 2 is 2.27 bits per heavy atom. The number of hydrogen-bond donors (Lipinski definition) is 0. The molecule has 0 aromatic carbocycles. The molecule has 0 saturated carbocycles. The fourth-order valence-corrected chi connectivity index (χ4v) is 4.63. The van der Waals surface area contributed by atoms with Gasteiger partial charge >= 0.3 is 0 Å². The SMILES string of the molecule is CCC(C)SCC(=O)c1cc(Br)sc1Br. The molecule has 0 amide bonds. The summed E-state index contributed by atoms with van der Waals surface area (Å²) < 4.78 is 1.91. The molecule has 0 N–H and O–H groups in total. The summed E-state index contributed by atoms with van der Waals surface area (Å²) in [6.07, 6.45) is 1.10. The van der Waals surface area contributed by atoms with Crippen LogP contribution in [0.25, 0.3) is 0 Å². The molecule has 1 rings (SSSR count). The largest absolute Gasteiger partial charge is 0.293 e. The molecule has 1 unspecified atom stereocenters. The normalized spacial score (nSPS) is 12.8. The summed E-state index contributed by atoms with van der Waals surface area (Å²) in [5, 5.41) is 0.551. The number of thioether (sulfide) groups is 1. The van der Waals surface area contributed by atoms with Gasteiger partial charge in [-0.15, -0.1) is 11.3 Å². The highest BCUT2D eigenvalue weighted by Gasteiger charge is 2.14. The highest BCUT2D eigenvalue weighted by Crippen LogP contribution is 2.32. The summed E-state index contributed by atoms with van der Waals surface area (Å²) in [5.74, 6) is 0.769. The Hall–Kier alpha value is 0.680. The Morgan fingerprint density at radius 3 is 2.73 bits per heavy atom. The highest BCUT2D eigenvalue weighted by atomic mass is 79.9. The quantitative estimate of drug-likeness (QED) is 0.678. The van der Waals surface area contributed by atoms with Crippen molar-refractivity contribution < 1.29 is 4.79 Å². The van der Waals surface area contributed by atoms with E-state index < -0.39 is 0 Å². The number of halogens is 2. The van der Waals surface area contributed by atoms with E-state index in [0.29, 0.717) is 11.0 Å². The maximum Gasteiger partial charge on any atom is 0.174 e. The number of Topliss-reactive ketones (excluding diaryl/α,β-unsaturated/α-hetero) is 1. The number of thiophene rings is 1. The number of rotatable bonds is 5. The fourth-order valence-electron chi connectivity index (χ4n) is 0.944. The molecule has 0 saturated heterocycles. The number of hydrogen-bond acceptors (Lipinski definition) is 3. The summed E-state index contributed by atoms with van der Waals surface area (Å²) >= 11 is 10.0. The molecule has 15 heavy (non-hydrogen) atoms. The van der Waals surface area contributed by atoms with E-state index in [-0.39, 0.29) is 5.78 Å². The minimum atomic E-state index is 0.203. The third-order valence-electron chi connectivity index (χ3n) is 2.03. The van der Waals surface area contributed by atoms with Crippen molar-refractivity contribution in [2.75, 3.05) is 5.75 Å². The van der Waals surface area contributed by atoms with Crippen LogP contribution in [0.15, 0.2) is 13.6 Å². The first-order valence-electron chi connectivity index (χ1n) is 4.64. The minimum absolute atomic E-state index is 0.203. The zero-order valence-electron chi connectivity index (χ0n) is 8.55. The van der Waals surface area contributed by atoms with Crippen LogP contribution >= 0.6 is 55.0 Å². The van der Waals surface area contributed by atoms with Gasteiger partial charge in [0.1, 0.15) is 0 Å². The highest BCUT2D eigenvalue weighted by molar-refractivity contribution is 9.12. The second-order valence-electron chi connectivity index (χ2n) is 3.19. The van der Waals surface area contributed by atoms with Gasteiger partial charge in [-0.05, 0) is 44.3 Å². The van der Waals surface area contributed by atoms with Gasteiger partial charge < -0.3 is 0 Å². The number of ketones is 1. The zero-order valence-corrected chi connectivity index (χ0v) is 13.4. The van der Waals surface area contributed by atoms with Crippen LogP contribution in [0.5, 0.6) is 0 Å². The van der Waals surface area contributed by atoms with Gasteiger partial charge in [-0.1, -0.05) is 13.8 Å². The maximum atomic E-state index is 11.8. The van der Waals surface area contributed by atoms with Crippen molar-refractivity contribution in [3.8, 4) is 0 Å². The second kappa shape index (κ2) is 6.42. The molecule has 1 aromatic heterocycles. The van der Waals surface area contributed by atoms with E-state index in [1.807, 2.05) is 6.07 Å². The van der Waals surface area contributed by atoms with E-state index in [2.05, 4.69) is 45.7 Å². The van der Waals surface area contributed by atoms with Crippen molar-refractivity contribution in [2.45, 2.75) is 25.5 Å². The lowest BCUT2D eigenvalue weighted by molar-refractivity contribution is 0.102. The lowest BCUT2D eigenvalue weighted by atomic mass is 10.2. The zero-order chi connectivity index (χ0) is 11.4. The van der Waals surface area contributed by atoms with Crippen molar-refractivity contribution in [3.05, 3.63) is 19.2 Å². The van der Waals surface area contributed by atoms with E-state index >= 15 is 0 Å². The van der Waals surface area contributed by atoms with Gasteiger partial charge in [0.15, 0.2) is 5.78 Å². The third kappa shape index (κ3) is 4.21. The first-order chi connectivity index (χ1) is 7.04. The molecule has 0 bridgehead atoms. The molecule has 0 aliphatic heterocycles. The molecule has 1 atom stereocenters. The van der Waals surface area contributed by atoms with Crippen LogP contribution < -0.4 is 0 Å². The molecule has 1 heterocycles. The number of carbonyl (C=O) groups excluding carboxylic acids is 1. The Morgan fingerprint density at radius 1 is 1.60 bits per heavy atom. The standard InChI is InChI=1S/C10H12Br2OS2/c1-3-6(2)14-5-8(13)7-4-9(11)15-10(7)12/h4,6H,3,5H2,1-2H3. The van der Waals surface area contributed by atoms with Gasteiger partial charge in [0, 0.05) is 10.8 Å². The van der Waals surface area contributed by atoms with Crippen LogP contribution in [-0.2, 0) is 0 Å². The van der Waals surface area contributed by atoms with Crippen LogP contribution in [0.1, 0.15) is 30.6 Å². The molecular weight excluding hydrogens is 360 g/mol. The Bertz CT molecular complexity index is 349. The van der Waals surface area contributed by atoms with Crippen LogP contribution in [0.2, 0.25) is 0 Å². The van der Waals surface area contributed by atoms with Gasteiger partial charge in [0.25, 0.3) is 0 Å². The smallest absolute Gasteiger partial charge is 0.174 e. The maximum absolute atomic E-state index is 11.8. The average Bonchev–Trinajstić information content (AvgIpc) is 2.53. The molecule has 1 aromatic rings. The minimum Gasteiger partial charge on any atom is -0.293 e. The first kappa shape index (κ1) is 13.7. The molecule has 0 fully saturated rings. The van der Waals surface area contributed by atoms with Crippen molar-refractivity contribution in [1.82, 2.24) is 0 Å². The predicted molar refractivity (Wildman–Crippen MR) is 76.3 cm³/mol. The Balaban J connectivity index is 2.58. The fraction of sp³-hybridized carbons (Fsp3) is 0.500. The molecule has 5 heteroatoms. The van der Waals surface area contributed by atoms with E-state index in [1.54, 1.807) is 23.1 Å². The van der Waals surface area contributed by atoms with Gasteiger partial charge in [-0.3, -0.25) is 4.79 Å². The van der Waals surface area contributed by atoms with Crippen molar-refractivity contribution in [1.29, 1.82) is 0 Å². The molecular formula is C10H12Br2OS2. The van der Waals surface area contributed by atoms with Crippen molar-refractivity contribution in [3.63, 3.8) is 0 Å². The Labute approximate surface area is 115 Å². The predicted octanol–water partition coefficient (Wildman–Crippen LogP) is 4.99. The summed E-state index contributed by atoms with van der Waals surface area (Å²) in [5.41, 5.74) is 0.794. The molecule has 1 nitrogen and oxygen atoms in total. The summed E-state index contributed by atoms with van der Waals surface area (Å²) in [7, 11) is 0. The van der Waals surface area contributed by atoms with Gasteiger partial charge in [-0.2, -0.15) is 11.8 Å². The lowest BCUT2D eigenvalue weighted by Gasteiger charge is -2.06. The molecule has 0 aliphatic carbocycles. The van der Waals surface area contributed by atoms with Crippen LogP contribution in [0.4, 0.5) is 0 Å². The van der Waals surface area contributed by atoms with Crippen LogP contribution in [0.3, 0.4) is 0 Å². The van der Waals surface area contributed by atoms with E-state index in [4.69, 9.17) is 0 Å². The van der Waals surface area contributed by atoms with E-state index in [9.17, 15) is 4.79 Å². The second-order valence-corrected chi connectivity index (χ2v) is 8.37. The monoisotopic (exact) mass is 370 g/mol. The third-order valence-corrected chi connectivity index (χ3v) is 5.70. The van der Waals surface area contributed by atoms with Crippen LogP contribution in [-0.4, -0.2) is 16.8 Å². The van der Waals surface area contributed by atoms with Crippen LogP contribution in [0, 0.1) is 0 Å². The van der Waals surface area contributed by atoms with Gasteiger partial charge in [0.05, 0.1) is 13.3 Å². The van der Waals surface area contributed by atoms with Gasteiger partial charge in [-0.25, -0.2) is 0 Å².